The lowest BCUT2D eigenvalue weighted by atomic mass is 10.1. The van der Waals surface area contributed by atoms with Gasteiger partial charge < -0.3 is 19.5 Å². The van der Waals surface area contributed by atoms with E-state index < -0.39 is 0 Å². The van der Waals surface area contributed by atoms with E-state index in [0.29, 0.717) is 34.4 Å². The highest BCUT2D eigenvalue weighted by Gasteiger charge is 2.18. The number of hydrogen-bond acceptors (Lipinski definition) is 7. The van der Waals surface area contributed by atoms with Gasteiger partial charge in [-0.2, -0.15) is 14.6 Å². The van der Waals surface area contributed by atoms with Gasteiger partial charge in [0, 0.05) is 17.3 Å². The molecule has 0 aliphatic carbocycles. The molecule has 3 rings (SSSR count). The van der Waals surface area contributed by atoms with Crippen LogP contribution in [0.3, 0.4) is 0 Å². The van der Waals surface area contributed by atoms with E-state index in [2.05, 4.69) is 27.3 Å². The summed E-state index contributed by atoms with van der Waals surface area (Å²) in [7, 11) is 4.54. The lowest BCUT2D eigenvalue weighted by Gasteiger charge is -2.14. The third-order valence-corrected chi connectivity index (χ3v) is 5.51. The van der Waals surface area contributed by atoms with Crippen molar-refractivity contribution >= 4 is 17.5 Å². The standard InChI is InChI=1S/C24H33N5O4/c1-5-6-7-8-9-10-11-12-18-15-21(29-24(27-18)25-16-26-29)28-23(30)17-13-19(31-2)22(33-4)20(14-17)32-3/h13-16H,5-12H2,1-4H3,(H,28,30). The normalized spacial score (nSPS) is 10.9. The minimum Gasteiger partial charge on any atom is -0.493 e. The molecule has 0 atom stereocenters. The SMILES string of the molecule is CCCCCCCCCc1cc(NC(=O)c2cc(OC)c(OC)c(OC)c2)n2ncnc2n1. The smallest absolute Gasteiger partial charge is 0.257 e. The Hall–Kier alpha value is -3.36. The van der Waals surface area contributed by atoms with Crippen LogP contribution in [-0.2, 0) is 6.42 Å². The molecule has 1 amide bonds. The number of benzene rings is 1. The first-order valence-electron chi connectivity index (χ1n) is 11.4. The average Bonchev–Trinajstić information content (AvgIpc) is 3.31. The van der Waals surface area contributed by atoms with Crippen molar-refractivity contribution in [3.05, 3.63) is 35.8 Å². The summed E-state index contributed by atoms with van der Waals surface area (Å²) < 4.78 is 17.6. The maximum absolute atomic E-state index is 13.1. The van der Waals surface area contributed by atoms with Crippen molar-refractivity contribution in [2.75, 3.05) is 26.6 Å². The van der Waals surface area contributed by atoms with E-state index in [1.165, 1.54) is 64.3 Å². The van der Waals surface area contributed by atoms with Crippen molar-refractivity contribution in [2.45, 2.75) is 58.3 Å². The number of anilines is 1. The Labute approximate surface area is 194 Å². The third-order valence-electron chi connectivity index (χ3n) is 5.51. The lowest BCUT2D eigenvalue weighted by Crippen LogP contribution is -2.16. The van der Waals surface area contributed by atoms with Gasteiger partial charge in [0.15, 0.2) is 11.5 Å². The number of ether oxygens (including phenoxy) is 3. The number of methoxy groups -OCH3 is 3. The number of unbranched alkanes of at least 4 members (excludes halogenated alkanes) is 6. The Morgan fingerprint density at radius 1 is 0.939 bits per heavy atom. The first-order chi connectivity index (χ1) is 16.1. The fraction of sp³-hybridized carbons (Fsp3) is 0.500. The van der Waals surface area contributed by atoms with Crippen LogP contribution < -0.4 is 19.5 Å². The first kappa shape index (κ1) is 24.3. The molecule has 1 N–H and O–H groups in total. The van der Waals surface area contributed by atoms with Crippen LogP contribution in [-0.4, -0.2) is 46.8 Å². The molecule has 2 aromatic heterocycles. The van der Waals surface area contributed by atoms with Crippen LogP contribution in [0.1, 0.15) is 67.9 Å². The van der Waals surface area contributed by atoms with E-state index in [4.69, 9.17) is 14.2 Å². The Kier molecular flexibility index (Phi) is 8.86. The fourth-order valence-electron chi connectivity index (χ4n) is 3.74. The number of nitrogens with one attached hydrogen (secondary N) is 1. The quantitative estimate of drug-likeness (QED) is 0.373. The van der Waals surface area contributed by atoms with Gasteiger partial charge in [0.2, 0.25) is 5.75 Å². The number of nitrogens with zero attached hydrogens (tertiary/aromatic N) is 4. The molecule has 0 spiro atoms. The summed E-state index contributed by atoms with van der Waals surface area (Å²) in [5.74, 6) is 1.87. The first-order valence-corrected chi connectivity index (χ1v) is 11.4. The summed E-state index contributed by atoms with van der Waals surface area (Å²) in [6.07, 6.45) is 10.8. The molecular weight excluding hydrogens is 422 g/mol. The van der Waals surface area contributed by atoms with Crippen LogP contribution in [0.15, 0.2) is 24.5 Å². The molecule has 9 heteroatoms. The van der Waals surface area contributed by atoms with Gasteiger partial charge in [-0.3, -0.25) is 4.79 Å². The maximum Gasteiger partial charge on any atom is 0.257 e. The molecule has 33 heavy (non-hydrogen) atoms. The van der Waals surface area contributed by atoms with Gasteiger partial charge in [0.1, 0.15) is 12.1 Å². The zero-order chi connectivity index (χ0) is 23.6. The van der Waals surface area contributed by atoms with E-state index in [9.17, 15) is 4.79 Å². The summed E-state index contributed by atoms with van der Waals surface area (Å²) in [6, 6.07) is 5.07. The van der Waals surface area contributed by atoms with Crippen molar-refractivity contribution in [2.24, 2.45) is 0 Å². The molecule has 3 aromatic rings. The Morgan fingerprint density at radius 3 is 2.24 bits per heavy atom. The molecule has 0 radical (unpaired) electrons. The third kappa shape index (κ3) is 6.12. The molecular formula is C24H33N5O4. The van der Waals surface area contributed by atoms with Crippen LogP contribution in [0, 0.1) is 0 Å². The van der Waals surface area contributed by atoms with Gasteiger partial charge in [0.05, 0.1) is 21.3 Å². The van der Waals surface area contributed by atoms with Gasteiger partial charge in [0.25, 0.3) is 11.7 Å². The van der Waals surface area contributed by atoms with Crippen LogP contribution >= 0.6 is 0 Å². The largest absolute Gasteiger partial charge is 0.493 e. The molecule has 0 aliphatic rings. The Bertz CT molecular complexity index is 1040. The van der Waals surface area contributed by atoms with Gasteiger partial charge in [-0.05, 0) is 25.0 Å². The highest BCUT2D eigenvalue weighted by atomic mass is 16.5. The van der Waals surface area contributed by atoms with Crippen molar-refractivity contribution in [3.8, 4) is 17.2 Å². The van der Waals surface area contributed by atoms with Gasteiger partial charge in [-0.1, -0.05) is 45.4 Å². The molecule has 0 unspecified atom stereocenters. The van der Waals surface area contributed by atoms with E-state index in [1.807, 2.05) is 6.07 Å². The van der Waals surface area contributed by atoms with Crippen LogP contribution in [0.25, 0.3) is 5.78 Å². The number of aromatic nitrogens is 4. The average molecular weight is 456 g/mol. The van der Waals surface area contributed by atoms with Crippen molar-refractivity contribution in [1.82, 2.24) is 19.6 Å². The number of carbonyl (C=O) groups is 1. The molecule has 0 saturated carbocycles. The molecule has 9 nitrogen and oxygen atoms in total. The second-order valence-electron chi connectivity index (χ2n) is 7.84. The number of hydrogen-bond donors (Lipinski definition) is 1. The second-order valence-corrected chi connectivity index (χ2v) is 7.84. The van der Waals surface area contributed by atoms with E-state index in [0.717, 1.165) is 25.0 Å². The van der Waals surface area contributed by atoms with Gasteiger partial charge in [-0.15, -0.1) is 0 Å². The minimum absolute atomic E-state index is 0.334. The number of rotatable bonds is 13. The Balaban J connectivity index is 1.74. The summed E-state index contributed by atoms with van der Waals surface area (Å²) in [6.45, 7) is 2.23. The highest BCUT2D eigenvalue weighted by Crippen LogP contribution is 2.38. The maximum atomic E-state index is 13.1. The van der Waals surface area contributed by atoms with Crippen molar-refractivity contribution in [1.29, 1.82) is 0 Å². The van der Waals surface area contributed by atoms with Crippen LogP contribution in [0.5, 0.6) is 17.2 Å². The monoisotopic (exact) mass is 455 g/mol. The van der Waals surface area contributed by atoms with Crippen molar-refractivity contribution < 1.29 is 19.0 Å². The molecule has 178 valence electrons. The predicted molar refractivity (Wildman–Crippen MR) is 127 cm³/mol. The zero-order valence-electron chi connectivity index (χ0n) is 19.9. The highest BCUT2D eigenvalue weighted by molar-refractivity contribution is 6.04. The fourth-order valence-corrected chi connectivity index (χ4v) is 3.74. The molecule has 1 aromatic carbocycles. The number of fused-ring (bicyclic) bond motifs is 1. The minimum atomic E-state index is -0.334. The van der Waals surface area contributed by atoms with Crippen LogP contribution in [0.2, 0.25) is 0 Å². The van der Waals surface area contributed by atoms with Crippen molar-refractivity contribution in [3.63, 3.8) is 0 Å². The molecule has 2 heterocycles. The van der Waals surface area contributed by atoms with Gasteiger partial charge in [-0.25, -0.2) is 4.98 Å². The molecule has 0 saturated heterocycles. The Morgan fingerprint density at radius 2 is 1.61 bits per heavy atom. The predicted octanol–water partition coefficient (Wildman–Crippen LogP) is 4.70. The topological polar surface area (TPSA) is 99.9 Å². The van der Waals surface area contributed by atoms with Crippen LogP contribution in [0.4, 0.5) is 5.82 Å². The van der Waals surface area contributed by atoms with Gasteiger partial charge >= 0.3 is 0 Å². The van der Waals surface area contributed by atoms with E-state index in [1.54, 1.807) is 12.1 Å². The van der Waals surface area contributed by atoms with E-state index >= 15 is 0 Å². The molecule has 0 fully saturated rings. The number of aryl methyl sites for hydroxylation is 1. The summed E-state index contributed by atoms with van der Waals surface area (Å²) in [5.41, 5.74) is 1.24. The number of amides is 1. The summed E-state index contributed by atoms with van der Waals surface area (Å²) in [5, 5.41) is 7.12. The summed E-state index contributed by atoms with van der Waals surface area (Å²) in [4.78, 5) is 21.9. The second kappa shape index (κ2) is 12.0. The lowest BCUT2D eigenvalue weighted by molar-refractivity contribution is 0.102. The summed E-state index contributed by atoms with van der Waals surface area (Å²) >= 11 is 0. The number of carbonyl (C=O) groups excluding carboxylic acids is 1. The zero-order valence-corrected chi connectivity index (χ0v) is 19.9. The molecule has 0 aliphatic heterocycles. The molecule has 0 bridgehead atoms. The van der Waals surface area contributed by atoms with E-state index in [-0.39, 0.29) is 5.91 Å².